The first-order valence-corrected chi connectivity index (χ1v) is 4.83. The van der Waals surface area contributed by atoms with Crippen LogP contribution in [0.5, 0.6) is 0 Å². The number of nitrogens with zero attached hydrogens (tertiary/aromatic N) is 2. The summed E-state index contributed by atoms with van der Waals surface area (Å²) in [6.45, 7) is 1.93. The lowest BCUT2D eigenvalue weighted by molar-refractivity contribution is -0.143. The second-order valence-corrected chi connectivity index (χ2v) is 3.91. The Morgan fingerprint density at radius 2 is 2.50 bits per heavy atom. The molecule has 4 nitrogen and oxygen atoms in total. The van der Waals surface area contributed by atoms with E-state index in [2.05, 4.69) is 5.10 Å². The van der Waals surface area contributed by atoms with Gasteiger partial charge >= 0.3 is 5.97 Å². The molecule has 1 aliphatic heterocycles. The number of aryl methyl sites for hydroxylation is 1. The molecule has 1 aromatic rings. The van der Waals surface area contributed by atoms with Crippen molar-refractivity contribution in [1.82, 2.24) is 9.78 Å². The molecule has 0 amide bonds. The molecule has 2 unspecified atom stereocenters. The van der Waals surface area contributed by atoms with Crippen molar-refractivity contribution in [2.75, 3.05) is 0 Å². The number of rotatable bonds is 2. The summed E-state index contributed by atoms with van der Waals surface area (Å²) in [6.07, 6.45) is 5.39. The lowest BCUT2D eigenvalue weighted by Crippen LogP contribution is -2.10. The van der Waals surface area contributed by atoms with E-state index < -0.39 is 0 Å². The minimum atomic E-state index is -0.0682. The van der Waals surface area contributed by atoms with E-state index in [-0.39, 0.29) is 18.0 Å². The highest BCUT2D eigenvalue weighted by molar-refractivity contribution is 5.74. The van der Waals surface area contributed by atoms with Gasteiger partial charge < -0.3 is 4.74 Å². The summed E-state index contributed by atoms with van der Waals surface area (Å²) in [4.78, 5) is 11.3. The van der Waals surface area contributed by atoms with Crippen molar-refractivity contribution in [2.24, 2.45) is 13.0 Å². The molecule has 2 heterocycles. The summed E-state index contributed by atoms with van der Waals surface area (Å²) in [7, 11) is 1.87. The molecular formula is C10H14N2O2. The third kappa shape index (κ3) is 1.78. The topological polar surface area (TPSA) is 44.1 Å². The van der Waals surface area contributed by atoms with Gasteiger partial charge in [0.2, 0.25) is 0 Å². The summed E-state index contributed by atoms with van der Waals surface area (Å²) in [5.74, 6) is -0.0458. The lowest BCUT2D eigenvalue weighted by Gasteiger charge is -2.01. The fourth-order valence-electron chi connectivity index (χ4n) is 1.87. The van der Waals surface area contributed by atoms with Crippen LogP contribution in [-0.2, 0) is 23.0 Å². The molecule has 0 spiro atoms. The average molecular weight is 194 g/mol. The molecule has 2 atom stereocenters. The number of carbonyl (C=O) groups excluding carboxylic acids is 1. The van der Waals surface area contributed by atoms with Crippen LogP contribution in [0, 0.1) is 5.92 Å². The van der Waals surface area contributed by atoms with Gasteiger partial charge in [0, 0.05) is 13.2 Å². The van der Waals surface area contributed by atoms with E-state index in [0.717, 1.165) is 18.4 Å². The first-order valence-electron chi connectivity index (χ1n) is 4.83. The van der Waals surface area contributed by atoms with Crippen molar-refractivity contribution >= 4 is 5.97 Å². The Balaban J connectivity index is 2.01. The SMILES string of the molecule is CC1CC(Cc2cnn(C)c2)C(=O)O1. The number of esters is 1. The van der Waals surface area contributed by atoms with Gasteiger partial charge in [0.25, 0.3) is 0 Å². The lowest BCUT2D eigenvalue weighted by atomic mass is 9.98. The van der Waals surface area contributed by atoms with E-state index in [4.69, 9.17) is 4.74 Å². The highest BCUT2D eigenvalue weighted by Crippen LogP contribution is 2.24. The van der Waals surface area contributed by atoms with Gasteiger partial charge in [0.1, 0.15) is 0 Å². The van der Waals surface area contributed by atoms with Crippen LogP contribution in [0.25, 0.3) is 0 Å². The largest absolute Gasteiger partial charge is 0.462 e. The van der Waals surface area contributed by atoms with Gasteiger partial charge in [-0.1, -0.05) is 0 Å². The van der Waals surface area contributed by atoms with Crippen molar-refractivity contribution in [2.45, 2.75) is 25.9 Å². The Kier molecular flexibility index (Phi) is 2.27. The second kappa shape index (κ2) is 3.44. The van der Waals surface area contributed by atoms with Crippen LogP contribution < -0.4 is 0 Å². The number of cyclic esters (lactones) is 1. The van der Waals surface area contributed by atoms with Crippen LogP contribution in [0.3, 0.4) is 0 Å². The third-order valence-electron chi connectivity index (χ3n) is 2.51. The predicted octanol–water partition coefficient (Wildman–Crippen LogP) is 0.914. The highest BCUT2D eigenvalue weighted by atomic mass is 16.5. The van der Waals surface area contributed by atoms with Crippen LogP contribution in [0.15, 0.2) is 12.4 Å². The van der Waals surface area contributed by atoms with E-state index in [1.54, 1.807) is 10.9 Å². The molecule has 14 heavy (non-hydrogen) atoms. The average Bonchev–Trinajstić information content (AvgIpc) is 2.61. The van der Waals surface area contributed by atoms with E-state index in [1.165, 1.54) is 0 Å². The summed E-state index contributed by atoms with van der Waals surface area (Å²) in [5, 5.41) is 4.07. The number of hydrogen-bond donors (Lipinski definition) is 0. The Morgan fingerprint density at radius 1 is 1.71 bits per heavy atom. The highest BCUT2D eigenvalue weighted by Gasteiger charge is 2.31. The second-order valence-electron chi connectivity index (χ2n) is 3.91. The fraction of sp³-hybridized carbons (Fsp3) is 0.600. The van der Waals surface area contributed by atoms with Gasteiger partial charge in [-0.2, -0.15) is 5.10 Å². The molecule has 1 aromatic heterocycles. The van der Waals surface area contributed by atoms with Crippen molar-refractivity contribution < 1.29 is 9.53 Å². The molecule has 1 fully saturated rings. The Bertz CT molecular complexity index is 346. The fourth-order valence-corrected chi connectivity index (χ4v) is 1.87. The minimum Gasteiger partial charge on any atom is -0.462 e. The van der Waals surface area contributed by atoms with Crippen molar-refractivity contribution in [3.05, 3.63) is 18.0 Å². The molecule has 0 saturated carbocycles. The first-order chi connectivity index (χ1) is 6.65. The van der Waals surface area contributed by atoms with E-state index >= 15 is 0 Å². The normalized spacial score (nSPS) is 26.6. The number of aromatic nitrogens is 2. The van der Waals surface area contributed by atoms with Crippen LogP contribution >= 0.6 is 0 Å². The van der Waals surface area contributed by atoms with Crippen LogP contribution in [0.2, 0.25) is 0 Å². The van der Waals surface area contributed by atoms with Gasteiger partial charge in [0.15, 0.2) is 0 Å². The first kappa shape index (κ1) is 9.24. The van der Waals surface area contributed by atoms with Crippen LogP contribution in [0.1, 0.15) is 18.9 Å². The molecule has 1 aliphatic rings. The third-order valence-corrected chi connectivity index (χ3v) is 2.51. The van der Waals surface area contributed by atoms with Gasteiger partial charge in [-0.15, -0.1) is 0 Å². The zero-order chi connectivity index (χ0) is 10.1. The maximum absolute atomic E-state index is 11.3. The number of hydrogen-bond acceptors (Lipinski definition) is 3. The molecule has 0 bridgehead atoms. The molecule has 0 radical (unpaired) electrons. The Morgan fingerprint density at radius 3 is 3.00 bits per heavy atom. The van der Waals surface area contributed by atoms with E-state index in [0.29, 0.717) is 0 Å². The number of ether oxygens (including phenoxy) is 1. The molecule has 2 rings (SSSR count). The Labute approximate surface area is 82.9 Å². The Hall–Kier alpha value is -1.32. The molecule has 76 valence electrons. The van der Waals surface area contributed by atoms with Gasteiger partial charge in [-0.05, 0) is 25.3 Å². The summed E-state index contributed by atoms with van der Waals surface area (Å²) in [5.41, 5.74) is 1.10. The minimum absolute atomic E-state index is 0.0224. The van der Waals surface area contributed by atoms with Gasteiger partial charge in [-0.25, -0.2) is 0 Å². The summed E-state index contributed by atoms with van der Waals surface area (Å²) in [6, 6.07) is 0. The maximum atomic E-state index is 11.3. The van der Waals surface area contributed by atoms with E-state index in [9.17, 15) is 4.79 Å². The molecule has 4 heteroatoms. The molecule has 0 aromatic carbocycles. The van der Waals surface area contributed by atoms with Gasteiger partial charge in [-0.3, -0.25) is 9.48 Å². The standard InChI is InChI=1S/C10H14N2O2/c1-7-3-9(10(13)14-7)4-8-5-11-12(2)6-8/h5-7,9H,3-4H2,1-2H3. The molecule has 0 N–H and O–H groups in total. The zero-order valence-electron chi connectivity index (χ0n) is 8.43. The van der Waals surface area contributed by atoms with Crippen molar-refractivity contribution in [3.8, 4) is 0 Å². The molecule has 0 aliphatic carbocycles. The van der Waals surface area contributed by atoms with Crippen LogP contribution in [-0.4, -0.2) is 21.9 Å². The van der Waals surface area contributed by atoms with Gasteiger partial charge in [0.05, 0.1) is 18.2 Å². The van der Waals surface area contributed by atoms with Crippen molar-refractivity contribution in [3.63, 3.8) is 0 Å². The molecular weight excluding hydrogens is 180 g/mol. The smallest absolute Gasteiger partial charge is 0.309 e. The maximum Gasteiger partial charge on any atom is 0.309 e. The monoisotopic (exact) mass is 194 g/mol. The summed E-state index contributed by atoms with van der Waals surface area (Å²) < 4.78 is 6.84. The molecule has 1 saturated heterocycles. The summed E-state index contributed by atoms with van der Waals surface area (Å²) >= 11 is 0. The van der Waals surface area contributed by atoms with Crippen LogP contribution in [0.4, 0.5) is 0 Å². The number of carbonyl (C=O) groups is 1. The van der Waals surface area contributed by atoms with Crippen molar-refractivity contribution in [1.29, 1.82) is 0 Å². The predicted molar refractivity (Wildman–Crippen MR) is 50.6 cm³/mol. The zero-order valence-corrected chi connectivity index (χ0v) is 8.43. The quantitative estimate of drug-likeness (QED) is 0.657. The van der Waals surface area contributed by atoms with E-state index in [1.807, 2.05) is 20.2 Å².